The Morgan fingerprint density at radius 3 is 2.72 bits per heavy atom. The molecule has 0 spiro atoms. The van der Waals surface area contributed by atoms with Crippen LogP contribution in [0.3, 0.4) is 0 Å². The summed E-state index contributed by atoms with van der Waals surface area (Å²) in [5, 5.41) is 9.03. The van der Waals surface area contributed by atoms with Gasteiger partial charge in [-0.05, 0) is 13.8 Å². The van der Waals surface area contributed by atoms with E-state index in [2.05, 4.69) is 0 Å². The zero-order chi connectivity index (χ0) is 13.7. The van der Waals surface area contributed by atoms with E-state index < -0.39 is 5.97 Å². The number of nitrogens with zero attached hydrogens (tertiary/aromatic N) is 2. The molecule has 0 unspecified atom stereocenters. The van der Waals surface area contributed by atoms with Crippen LogP contribution in [-0.2, 0) is 16.1 Å². The lowest BCUT2D eigenvalue weighted by Gasteiger charge is -2.00. The van der Waals surface area contributed by atoms with Gasteiger partial charge >= 0.3 is 5.97 Å². The largest absolute Gasteiger partial charge is 0.462 e. The van der Waals surface area contributed by atoms with E-state index >= 15 is 0 Å². The Labute approximate surface area is 107 Å². The first-order valence-corrected chi connectivity index (χ1v) is 6.15. The highest BCUT2D eigenvalue weighted by atomic mass is 32.1. The van der Waals surface area contributed by atoms with E-state index in [1.165, 1.54) is 10.8 Å². The van der Waals surface area contributed by atoms with Gasteiger partial charge in [-0.3, -0.25) is 9.36 Å². The van der Waals surface area contributed by atoms with Crippen LogP contribution in [0.2, 0.25) is 0 Å². The predicted molar refractivity (Wildman–Crippen MR) is 67.8 cm³/mol. The number of hydrogen-bond donors (Lipinski definition) is 1. The fraction of sp³-hybridized carbons (Fsp3) is 0.364. The standard InChI is InChI=1S/C11H13N3O3S/c1-3-14-9(15)8(6-13)18-10(14)7(5-12)11(16)17-4-2/h6H,3-4,13H2,1-2H3. The molecule has 96 valence electrons. The zero-order valence-corrected chi connectivity index (χ0v) is 10.9. The summed E-state index contributed by atoms with van der Waals surface area (Å²) in [4.78, 5) is 23.5. The van der Waals surface area contributed by atoms with Crippen molar-refractivity contribution in [2.45, 2.75) is 20.4 Å². The third kappa shape index (κ3) is 2.43. The minimum atomic E-state index is -0.730. The van der Waals surface area contributed by atoms with E-state index in [0.717, 1.165) is 11.3 Å². The molecule has 6 nitrogen and oxygen atoms in total. The van der Waals surface area contributed by atoms with Crippen LogP contribution in [0, 0.1) is 11.3 Å². The molecule has 0 saturated carbocycles. The number of carbonyl (C=O) groups is 1. The summed E-state index contributed by atoms with van der Waals surface area (Å²) in [6, 6.07) is 1.78. The number of carbonyl (C=O) groups excluding carboxylic acids is 1. The van der Waals surface area contributed by atoms with Gasteiger partial charge in [-0.1, -0.05) is 0 Å². The SMILES string of the molecule is CCOC(=O)C(C#N)=c1sc(=CN)c(=O)n1CC. The second kappa shape index (κ2) is 6.02. The fourth-order valence-electron chi connectivity index (χ4n) is 1.39. The third-order valence-electron chi connectivity index (χ3n) is 2.18. The van der Waals surface area contributed by atoms with Crippen LogP contribution in [0.15, 0.2) is 4.79 Å². The molecule has 1 heterocycles. The first-order chi connectivity index (χ1) is 8.60. The van der Waals surface area contributed by atoms with Crippen LogP contribution < -0.4 is 20.5 Å². The van der Waals surface area contributed by atoms with E-state index in [1.807, 2.05) is 0 Å². The summed E-state index contributed by atoms with van der Waals surface area (Å²) in [7, 11) is 0. The lowest BCUT2D eigenvalue weighted by atomic mass is 10.3. The summed E-state index contributed by atoms with van der Waals surface area (Å²) in [5.74, 6) is -0.730. The minimum Gasteiger partial charge on any atom is -0.462 e. The van der Waals surface area contributed by atoms with Gasteiger partial charge in [-0.25, -0.2) is 4.79 Å². The Morgan fingerprint density at radius 1 is 1.61 bits per heavy atom. The van der Waals surface area contributed by atoms with Crippen LogP contribution >= 0.6 is 11.3 Å². The lowest BCUT2D eigenvalue weighted by Crippen LogP contribution is -2.32. The van der Waals surface area contributed by atoms with Gasteiger partial charge < -0.3 is 10.5 Å². The number of thiazole rings is 1. The smallest absolute Gasteiger partial charge is 0.351 e. The molecule has 7 heteroatoms. The molecule has 0 aliphatic carbocycles. The van der Waals surface area contributed by atoms with E-state index in [1.54, 1.807) is 19.9 Å². The maximum atomic E-state index is 11.8. The summed E-state index contributed by atoms with van der Waals surface area (Å²) < 4.78 is 6.69. The van der Waals surface area contributed by atoms with E-state index in [4.69, 9.17) is 15.7 Å². The monoisotopic (exact) mass is 267 g/mol. The lowest BCUT2D eigenvalue weighted by molar-refractivity contribution is -0.136. The number of aromatic nitrogens is 1. The van der Waals surface area contributed by atoms with Crippen LogP contribution in [-0.4, -0.2) is 17.1 Å². The number of ether oxygens (including phenoxy) is 1. The van der Waals surface area contributed by atoms with Gasteiger partial charge in [-0.15, -0.1) is 11.3 Å². The van der Waals surface area contributed by atoms with Crippen molar-refractivity contribution in [3.05, 3.63) is 19.5 Å². The van der Waals surface area contributed by atoms with Crippen molar-refractivity contribution in [3.63, 3.8) is 0 Å². The molecule has 0 atom stereocenters. The van der Waals surface area contributed by atoms with Crippen molar-refractivity contribution in [3.8, 4) is 6.07 Å². The zero-order valence-electron chi connectivity index (χ0n) is 10.1. The highest BCUT2D eigenvalue weighted by Gasteiger charge is 2.15. The van der Waals surface area contributed by atoms with Gasteiger partial charge in [0.25, 0.3) is 5.56 Å². The highest BCUT2D eigenvalue weighted by Crippen LogP contribution is 1.96. The van der Waals surface area contributed by atoms with Gasteiger partial charge in [0, 0.05) is 12.7 Å². The normalized spacial score (nSPS) is 13.1. The summed E-state index contributed by atoms with van der Waals surface area (Å²) in [6.45, 7) is 3.91. The number of hydrogen-bond acceptors (Lipinski definition) is 6. The molecule has 2 N–H and O–H groups in total. The molecular weight excluding hydrogens is 254 g/mol. The average Bonchev–Trinajstić information content (AvgIpc) is 2.67. The molecule has 0 radical (unpaired) electrons. The van der Waals surface area contributed by atoms with Crippen molar-refractivity contribution in [1.82, 2.24) is 4.57 Å². The maximum absolute atomic E-state index is 11.8. The van der Waals surface area contributed by atoms with Gasteiger partial charge in [0.1, 0.15) is 15.3 Å². The minimum absolute atomic E-state index is 0.168. The Kier molecular flexibility index (Phi) is 4.68. The molecule has 0 bridgehead atoms. The van der Waals surface area contributed by atoms with Crippen LogP contribution in [0.1, 0.15) is 13.8 Å². The summed E-state index contributed by atoms with van der Waals surface area (Å²) >= 11 is 1.01. The highest BCUT2D eigenvalue weighted by molar-refractivity contribution is 7.07. The van der Waals surface area contributed by atoms with E-state index in [0.29, 0.717) is 11.1 Å². The van der Waals surface area contributed by atoms with Gasteiger partial charge in [-0.2, -0.15) is 5.26 Å². The molecule has 0 aliphatic rings. The molecule has 0 aromatic carbocycles. The number of nitrogens with two attached hydrogens (primary N) is 1. The van der Waals surface area contributed by atoms with Crippen molar-refractivity contribution in [1.29, 1.82) is 5.26 Å². The van der Waals surface area contributed by atoms with Crippen molar-refractivity contribution >= 4 is 29.1 Å². The van der Waals surface area contributed by atoms with Crippen molar-refractivity contribution < 1.29 is 9.53 Å². The van der Waals surface area contributed by atoms with E-state index in [-0.39, 0.29) is 22.4 Å². The topological polar surface area (TPSA) is 98.1 Å². The molecule has 0 fully saturated rings. The van der Waals surface area contributed by atoms with Gasteiger partial charge in [0.15, 0.2) is 5.57 Å². The second-order valence-electron chi connectivity index (χ2n) is 3.19. The first-order valence-electron chi connectivity index (χ1n) is 5.33. The molecule has 0 saturated heterocycles. The predicted octanol–water partition coefficient (Wildman–Crippen LogP) is -1.14. The average molecular weight is 267 g/mol. The fourth-order valence-corrected chi connectivity index (χ4v) is 2.42. The second-order valence-corrected chi connectivity index (χ2v) is 4.23. The summed E-state index contributed by atoms with van der Waals surface area (Å²) in [6.07, 6.45) is 1.17. The van der Waals surface area contributed by atoms with Crippen molar-refractivity contribution in [2.75, 3.05) is 6.61 Å². The first kappa shape index (κ1) is 14.0. The molecule has 1 aromatic rings. The number of rotatable bonds is 3. The van der Waals surface area contributed by atoms with E-state index in [9.17, 15) is 9.59 Å². The number of esters is 1. The number of nitriles is 1. The maximum Gasteiger partial charge on any atom is 0.351 e. The Balaban J connectivity index is 3.71. The Bertz CT molecular complexity index is 663. The molecular formula is C11H13N3O3S. The molecule has 1 aromatic heterocycles. The van der Waals surface area contributed by atoms with Crippen molar-refractivity contribution in [2.24, 2.45) is 5.73 Å². The molecule has 18 heavy (non-hydrogen) atoms. The molecule has 0 amide bonds. The van der Waals surface area contributed by atoms with Crippen LogP contribution in [0.25, 0.3) is 11.8 Å². The Hall–Kier alpha value is -2.07. The van der Waals surface area contributed by atoms with Crippen LogP contribution in [0.5, 0.6) is 0 Å². The van der Waals surface area contributed by atoms with Gasteiger partial charge in [0.2, 0.25) is 0 Å². The summed E-state index contributed by atoms with van der Waals surface area (Å²) in [5.41, 5.74) is 4.85. The van der Waals surface area contributed by atoms with Gasteiger partial charge in [0.05, 0.1) is 6.61 Å². The quantitative estimate of drug-likeness (QED) is 0.698. The molecule has 1 rings (SSSR count). The third-order valence-corrected chi connectivity index (χ3v) is 3.33. The molecule has 0 aliphatic heterocycles. The van der Waals surface area contributed by atoms with Crippen LogP contribution in [0.4, 0.5) is 0 Å². The Morgan fingerprint density at radius 2 is 2.28 bits per heavy atom.